The Morgan fingerprint density at radius 2 is 2.12 bits per heavy atom. The Balaban J connectivity index is 2.45. The summed E-state index contributed by atoms with van der Waals surface area (Å²) in [4.78, 5) is 0. The highest BCUT2D eigenvalue weighted by atomic mass is 19.1. The van der Waals surface area contributed by atoms with Crippen LogP contribution >= 0.6 is 0 Å². The molecule has 0 amide bonds. The number of benzene rings is 1. The third kappa shape index (κ3) is 2.19. The minimum absolute atomic E-state index is 0.0996. The van der Waals surface area contributed by atoms with Gasteiger partial charge in [0.2, 0.25) is 0 Å². The lowest BCUT2D eigenvalue weighted by molar-refractivity contribution is 0.565. The zero-order valence-corrected chi connectivity index (χ0v) is 10.6. The SMILES string of the molecule is C=C(C)c1cccc(F)c1C1CC(=C)C(C)C1. The molecule has 0 aliphatic heterocycles. The van der Waals surface area contributed by atoms with Crippen LogP contribution in [0.2, 0.25) is 0 Å². The van der Waals surface area contributed by atoms with E-state index < -0.39 is 0 Å². The van der Waals surface area contributed by atoms with Gasteiger partial charge in [0.1, 0.15) is 5.82 Å². The molecule has 2 atom stereocenters. The first-order chi connectivity index (χ1) is 8.00. The van der Waals surface area contributed by atoms with Crippen LogP contribution < -0.4 is 0 Å². The van der Waals surface area contributed by atoms with E-state index >= 15 is 0 Å². The van der Waals surface area contributed by atoms with Crippen molar-refractivity contribution in [1.29, 1.82) is 0 Å². The van der Waals surface area contributed by atoms with Gasteiger partial charge in [-0.15, -0.1) is 0 Å². The highest BCUT2D eigenvalue weighted by Gasteiger charge is 2.29. The summed E-state index contributed by atoms with van der Waals surface area (Å²) in [5, 5.41) is 0. The molecule has 2 unspecified atom stereocenters. The van der Waals surface area contributed by atoms with Crippen molar-refractivity contribution in [2.24, 2.45) is 5.92 Å². The molecule has 1 aliphatic carbocycles. The normalized spacial score (nSPS) is 24.1. The monoisotopic (exact) mass is 230 g/mol. The fourth-order valence-corrected chi connectivity index (χ4v) is 2.74. The highest BCUT2D eigenvalue weighted by molar-refractivity contribution is 5.65. The molecule has 0 bridgehead atoms. The molecule has 1 fully saturated rings. The van der Waals surface area contributed by atoms with Gasteiger partial charge in [-0.05, 0) is 48.8 Å². The quantitative estimate of drug-likeness (QED) is 0.632. The van der Waals surface area contributed by atoms with Gasteiger partial charge in [-0.1, -0.05) is 43.4 Å². The van der Waals surface area contributed by atoms with E-state index in [4.69, 9.17) is 0 Å². The predicted molar refractivity (Wildman–Crippen MR) is 71.4 cm³/mol. The van der Waals surface area contributed by atoms with Gasteiger partial charge >= 0.3 is 0 Å². The van der Waals surface area contributed by atoms with Crippen LogP contribution in [-0.4, -0.2) is 0 Å². The molecule has 0 N–H and O–H groups in total. The summed E-state index contributed by atoms with van der Waals surface area (Å²) in [6.45, 7) is 12.1. The Hall–Kier alpha value is -1.37. The van der Waals surface area contributed by atoms with Crippen molar-refractivity contribution in [1.82, 2.24) is 0 Å². The first-order valence-electron chi connectivity index (χ1n) is 6.12. The lowest BCUT2D eigenvalue weighted by Gasteiger charge is -2.16. The van der Waals surface area contributed by atoms with E-state index in [0.717, 1.165) is 29.5 Å². The molecule has 1 aromatic rings. The molecule has 0 aromatic heterocycles. The largest absolute Gasteiger partial charge is 0.207 e. The summed E-state index contributed by atoms with van der Waals surface area (Å²) >= 11 is 0. The maximum absolute atomic E-state index is 14.0. The molecule has 0 heterocycles. The van der Waals surface area contributed by atoms with Gasteiger partial charge in [0.25, 0.3) is 0 Å². The van der Waals surface area contributed by atoms with Crippen LogP contribution in [-0.2, 0) is 0 Å². The van der Waals surface area contributed by atoms with E-state index in [-0.39, 0.29) is 11.7 Å². The zero-order chi connectivity index (χ0) is 12.6. The third-order valence-electron chi connectivity index (χ3n) is 3.76. The first-order valence-corrected chi connectivity index (χ1v) is 6.12. The lowest BCUT2D eigenvalue weighted by Crippen LogP contribution is -2.02. The summed E-state index contributed by atoms with van der Waals surface area (Å²) in [7, 11) is 0. The van der Waals surface area contributed by atoms with Gasteiger partial charge in [0.15, 0.2) is 0 Å². The second-order valence-corrected chi connectivity index (χ2v) is 5.18. The predicted octanol–water partition coefficient (Wildman–Crippen LogP) is 4.93. The number of rotatable bonds is 2. The summed E-state index contributed by atoms with van der Waals surface area (Å²) in [5.41, 5.74) is 3.98. The Kier molecular flexibility index (Phi) is 3.19. The van der Waals surface area contributed by atoms with E-state index in [0.29, 0.717) is 5.92 Å². The Bertz CT molecular complexity index is 470. The zero-order valence-electron chi connectivity index (χ0n) is 10.6. The Morgan fingerprint density at radius 1 is 1.41 bits per heavy atom. The van der Waals surface area contributed by atoms with Gasteiger partial charge in [0.05, 0.1) is 0 Å². The highest BCUT2D eigenvalue weighted by Crippen LogP contribution is 2.43. The van der Waals surface area contributed by atoms with E-state index in [9.17, 15) is 4.39 Å². The van der Waals surface area contributed by atoms with Gasteiger partial charge in [-0.25, -0.2) is 4.39 Å². The maximum Gasteiger partial charge on any atom is 0.127 e. The fraction of sp³-hybridized carbons (Fsp3) is 0.375. The molecule has 1 heteroatoms. The second kappa shape index (κ2) is 4.48. The van der Waals surface area contributed by atoms with E-state index in [1.807, 2.05) is 13.0 Å². The van der Waals surface area contributed by atoms with Crippen molar-refractivity contribution in [3.63, 3.8) is 0 Å². The minimum Gasteiger partial charge on any atom is -0.207 e. The number of hydrogen-bond acceptors (Lipinski definition) is 0. The van der Waals surface area contributed by atoms with E-state index in [1.165, 1.54) is 5.57 Å². The summed E-state index contributed by atoms with van der Waals surface area (Å²) in [6.07, 6.45) is 1.91. The van der Waals surface area contributed by atoms with E-state index in [1.54, 1.807) is 12.1 Å². The summed E-state index contributed by atoms with van der Waals surface area (Å²) < 4.78 is 14.0. The number of allylic oxidation sites excluding steroid dienone is 2. The second-order valence-electron chi connectivity index (χ2n) is 5.18. The van der Waals surface area contributed by atoms with Crippen molar-refractivity contribution in [3.8, 4) is 0 Å². The molecule has 1 aromatic carbocycles. The third-order valence-corrected chi connectivity index (χ3v) is 3.76. The lowest BCUT2D eigenvalue weighted by atomic mass is 9.89. The van der Waals surface area contributed by atoms with Crippen molar-refractivity contribution < 1.29 is 4.39 Å². The summed E-state index contributed by atoms with van der Waals surface area (Å²) in [5.74, 6) is 0.667. The molecule has 0 spiro atoms. The van der Waals surface area contributed by atoms with Gasteiger partial charge < -0.3 is 0 Å². The van der Waals surface area contributed by atoms with Crippen LogP contribution in [0.5, 0.6) is 0 Å². The standard InChI is InChI=1S/C16H19F/c1-10(2)14-6-5-7-15(17)16(14)13-8-11(3)12(4)9-13/h5-7,12-13H,1,3,8-9H2,2,4H3. The van der Waals surface area contributed by atoms with Crippen molar-refractivity contribution in [3.05, 3.63) is 53.9 Å². The molecule has 17 heavy (non-hydrogen) atoms. The molecular weight excluding hydrogens is 211 g/mol. The molecule has 90 valence electrons. The van der Waals surface area contributed by atoms with Crippen LogP contribution in [0.3, 0.4) is 0 Å². The van der Waals surface area contributed by atoms with Gasteiger partial charge in [-0.3, -0.25) is 0 Å². The van der Waals surface area contributed by atoms with Gasteiger partial charge in [-0.2, -0.15) is 0 Å². The minimum atomic E-state index is -0.0996. The van der Waals surface area contributed by atoms with Crippen LogP contribution in [0, 0.1) is 11.7 Å². The molecule has 0 radical (unpaired) electrons. The molecule has 2 rings (SSSR count). The van der Waals surface area contributed by atoms with Crippen molar-refractivity contribution in [2.75, 3.05) is 0 Å². The molecular formula is C16H19F. The van der Waals surface area contributed by atoms with Crippen LogP contribution in [0.15, 0.2) is 36.9 Å². The van der Waals surface area contributed by atoms with Crippen LogP contribution in [0.25, 0.3) is 5.57 Å². The Labute approximate surface area is 103 Å². The maximum atomic E-state index is 14.0. The van der Waals surface area contributed by atoms with Crippen LogP contribution in [0.4, 0.5) is 4.39 Å². The Morgan fingerprint density at radius 3 is 2.65 bits per heavy atom. The average molecular weight is 230 g/mol. The van der Waals surface area contributed by atoms with Gasteiger partial charge in [0, 0.05) is 0 Å². The summed E-state index contributed by atoms with van der Waals surface area (Å²) in [6, 6.07) is 5.27. The van der Waals surface area contributed by atoms with Crippen LogP contribution in [0.1, 0.15) is 43.7 Å². The fourth-order valence-electron chi connectivity index (χ4n) is 2.74. The average Bonchev–Trinajstić information content (AvgIpc) is 2.58. The topological polar surface area (TPSA) is 0 Å². The molecule has 0 saturated heterocycles. The first kappa shape index (κ1) is 12.1. The molecule has 0 nitrogen and oxygen atoms in total. The number of halogens is 1. The smallest absolute Gasteiger partial charge is 0.127 e. The van der Waals surface area contributed by atoms with Crippen molar-refractivity contribution in [2.45, 2.75) is 32.6 Å². The van der Waals surface area contributed by atoms with E-state index in [2.05, 4.69) is 20.1 Å². The molecule has 1 aliphatic rings. The number of hydrogen-bond donors (Lipinski definition) is 0. The van der Waals surface area contributed by atoms with Crippen molar-refractivity contribution >= 4 is 5.57 Å². The molecule has 1 saturated carbocycles.